The highest BCUT2D eigenvalue weighted by Gasteiger charge is 2.12. The van der Waals surface area contributed by atoms with Gasteiger partial charge in [-0.05, 0) is 26.0 Å². The summed E-state index contributed by atoms with van der Waals surface area (Å²) in [6, 6.07) is 8.04. The Morgan fingerprint density at radius 1 is 1.48 bits per heavy atom. The quantitative estimate of drug-likeness (QED) is 0.798. The molecule has 0 unspecified atom stereocenters. The molecule has 1 heterocycles. The zero-order valence-electron chi connectivity index (χ0n) is 12.6. The van der Waals surface area contributed by atoms with E-state index in [1.54, 1.807) is 7.11 Å². The van der Waals surface area contributed by atoms with Crippen molar-refractivity contribution in [2.24, 2.45) is 0 Å². The molecular formula is C15H21N3O2S. The predicted octanol–water partition coefficient (Wildman–Crippen LogP) is 2.30. The number of nitrogens with one attached hydrogen (secondary N) is 1. The molecule has 0 saturated heterocycles. The van der Waals surface area contributed by atoms with Gasteiger partial charge in [0.25, 0.3) is 0 Å². The molecule has 1 amide bonds. The second-order valence-electron chi connectivity index (χ2n) is 4.84. The van der Waals surface area contributed by atoms with Crippen molar-refractivity contribution >= 4 is 28.7 Å². The van der Waals surface area contributed by atoms with E-state index in [2.05, 4.69) is 27.9 Å². The fraction of sp³-hybridized carbons (Fsp3) is 0.467. The number of aryl methyl sites for hydroxylation is 1. The van der Waals surface area contributed by atoms with Crippen LogP contribution < -0.4 is 5.32 Å². The van der Waals surface area contributed by atoms with Gasteiger partial charge in [-0.2, -0.15) is 0 Å². The summed E-state index contributed by atoms with van der Waals surface area (Å²) >= 11 is 1.46. The number of rotatable bonds is 7. The molecule has 2 rings (SSSR count). The van der Waals surface area contributed by atoms with E-state index in [1.807, 2.05) is 25.1 Å². The lowest BCUT2D eigenvalue weighted by Gasteiger charge is -2.12. The van der Waals surface area contributed by atoms with Crippen molar-refractivity contribution in [3.05, 3.63) is 24.3 Å². The molecule has 0 aliphatic carbocycles. The van der Waals surface area contributed by atoms with Crippen LogP contribution in [-0.2, 0) is 16.1 Å². The van der Waals surface area contributed by atoms with Gasteiger partial charge in [0.1, 0.15) is 0 Å². The standard InChI is InChI=1S/C15H21N3O2S/c1-4-18-13-8-6-5-7-12(13)17-15(18)21-10-14(19)16-11(2)9-20-3/h5-8,11H,4,9-10H2,1-3H3,(H,16,19)/t11-/m0/s1. The zero-order valence-corrected chi connectivity index (χ0v) is 13.4. The van der Waals surface area contributed by atoms with Crippen LogP contribution in [0, 0.1) is 0 Å². The van der Waals surface area contributed by atoms with Gasteiger partial charge in [-0.1, -0.05) is 23.9 Å². The maximum Gasteiger partial charge on any atom is 0.230 e. The highest BCUT2D eigenvalue weighted by Crippen LogP contribution is 2.23. The number of ether oxygens (including phenoxy) is 1. The second-order valence-corrected chi connectivity index (χ2v) is 5.78. The van der Waals surface area contributed by atoms with Crippen molar-refractivity contribution in [2.75, 3.05) is 19.5 Å². The Bertz CT molecular complexity index is 612. The number of imidazole rings is 1. The fourth-order valence-electron chi connectivity index (χ4n) is 2.21. The first kappa shape index (κ1) is 15.9. The van der Waals surface area contributed by atoms with Gasteiger partial charge < -0.3 is 14.6 Å². The maximum atomic E-state index is 11.9. The summed E-state index contributed by atoms with van der Waals surface area (Å²) in [6.45, 7) is 5.36. The number of nitrogens with zero attached hydrogens (tertiary/aromatic N) is 2. The highest BCUT2D eigenvalue weighted by atomic mass is 32.2. The van der Waals surface area contributed by atoms with Gasteiger partial charge in [-0.25, -0.2) is 4.98 Å². The van der Waals surface area contributed by atoms with Gasteiger partial charge in [0.15, 0.2) is 5.16 Å². The number of benzene rings is 1. The molecule has 1 aromatic carbocycles. The molecule has 2 aromatic rings. The molecule has 6 heteroatoms. The number of para-hydroxylation sites is 2. The van der Waals surface area contributed by atoms with Crippen molar-refractivity contribution in [1.29, 1.82) is 0 Å². The van der Waals surface area contributed by atoms with Crippen molar-refractivity contribution < 1.29 is 9.53 Å². The topological polar surface area (TPSA) is 56.2 Å². The molecule has 1 atom stereocenters. The molecule has 0 aliphatic heterocycles. The first-order chi connectivity index (χ1) is 10.2. The van der Waals surface area contributed by atoms with Crippen molar-refractivity contribution in [3.63, 3.8) is 0 Å². The first-order valence-corrected chi connectivity index (χ1v) is 8.00. The van der Waals surface area contributed by atoms with Gasteiger partial charge in [0.2, 0.25) is 5.91 Å². The predicted molar refractivity (Wildman–Crippen MR) is 85.6 cm³/mol. The number of thioether (sulfide) groups is 1. The van der Waals surface area contributed by atoms with Crippen LogP contribution in [0.5, 0.6) is 0 Å². The fourth-order valence-corrected chi connectivity index (χ4v) is 3.10. The van der Waals surface area contributed by atoms with E-state index in [1.165, 1.54) is 11.8 Å². The molecule has 0 spiro atoms. The molecule has 0 radical (unpaired) electrons. The van der Waals surface area contributed by atoms with Crippen LogP contribution in [0.1, 0.15) is 13.8 Å². The first-order valence-electron chi connectivity index (χ1n) is 7.02. The zero-order chi connectivity index (χ0) is 15.2. The lowest BCUT2D eigenvalue weighted by molar-refractivity contribution is -0.119. The van der Waals surface area contributed by atoms with Gasteiger partial charge in [-0.15, -0.1) is 0 Å². The Hall–Kier alpha value is -1.53. The summed E-state index contributed by atoms with van der Waals surface area (Å²) in [5.41, 5.74) is 2.07. The average molecular weight is 307 g/mol. The Morgan fingerprint density at radius 2 is 2.24 bits per heavy atom. The average Bonchev–Trinajstić information content (AvgIpc) is 2.82. The van der Waals surface area contributed by atoms with E-state index in [9.17, 15) is 4.79 Å². The molecule has 0 saturated carbocycles. The van der Waals surface area contributed by atoms with Gasteiger partial charge >= 0.3 is 0 Å². The largest absolute Gasteiger partial charge is 0.383 e. The van der Waals surface area contributed by atoms with Crippen LogP contribution in [-0.4, -0.2) is 41.0 Å². The number of hydrogen-bond donors (Lipinski definition) is 1. The summed E-state index contributed by atoms with van der Waals surface area (Å²) in [5.74, 6) is 0.358. The number of amides is 1. The molecule has 0 bridgehead atoms. The van der Waals surface area contributed by atoms with Crippen LogP contribution in [0.25, 0.3) is 11.0 Å². The number of aromatic nitrogens is 2. The molecule has 114 valence electrons. The number of carbonyl (C=O) groups is 1. The summed E-state index contributed by atoms with van der Waals surface area (Å²) in [4.78, 5) is 16.5. The maximum absolute atomic E-state index is 11.9. The molecule has 1 N–H and O–H groups in total. The molecule has 21 heavy (non-hydrogen) atoms. The van der Waals surface area contributed by atoms with E-state index in [0.29, 0.717) is 12.4 Å². The monoisotopic (exact) mass is 307 g/mol. The summed E-state index contributed by atoms with van der Waals surface area (Å²) in [5, 5.41) is 3.78. The van der Waals surface area contributed by atoms with Gasteiger partial charge in [-0.3, -0.25) is 4.79 Å². The molecule has 0 fully saturated rings. The van der Waals surface area contributed by atoms with Crippen LogP contribution >= 0.6 is 11.8 Å². The van der Waals surface area contributed by atoms with Gasteiger partial charge in [0.05, 0.1) is 23.4 Å². The van der Waals surface area contributed by atoms with Crippen LogP contribution in [0.3, 0.4) is 0 Å². The third kappa shape index (κ3) is 3.98. The SMILES string of the molecule is CCn1c(SCC(=O)N[C@@H](C)COC)nc2ccccc21. The lowest BCUT2D eigenvalue weighted by atomic mass is 10.3. The summed E-state index contributed by atoms with van der Waals surface area (Å²) < 4.78 is 7.14. The number of fused-ring (bicyclic) bond motifs is 1. The van der Waals surface area contributed by atoms with E-state index in [-0.39, 0.29) is 11.9 Å². The van der Waals surface area contributed by atoms with Crippen molar-refractivity contribution in [3.8, 4) is 0 Å². The molecule has 5 nitrogen and oxygen atoms in total. The molecular weight excluding hydrogens is 286 g/mol. The number of methoxy groups -OCH3 is 1. The Morgan fingerprint density at radius 3 is 2.95 bits per heavy atom. The smallest absolute Gasteiger partial charge is 0.230 e. The van der Waals surface area contributed by atoms with E-state index < -0.39 is 0 Å². The molecule has 1 aromatic heterocycles. The minimum Gasteiger partial charge on any atom is -0.383 e. The van der Waals surface area contributed by atoms with Gasteiger partial charge in [0, 0.05) is 19.7 Å². The summed E-state index contributed by atoms with van der Waals surface area (Å²) in [7, 11) is 1.63. The Balaban J connectivity index is 2.01. The summed E-state index contributed by atoms with van der Waals surface area (Å²) in [6.07, 6.45) is 0. The van der Waals surface area contributed by atoms with Crippen LogP contribution in [0.15, 0.2) is 29.4 Å². The van der Waals surface area contributed by atoms with E-state index >= 15 is 0 Å². The van der Waals surface area contributed by atoms with Crippen molar-refractivity contribution in [1.82, 2.24) is 14.9 Å². The number of carbonyl (C=O) groups excluding carboxylic acids is 1. The van der Waals surface area contributed by atoms with E-state index in [0.717, 1.165) is 22.7 Å². The second kappa shape index (κ2) is 7.47. The number of hydrogen-bond acceptors (Lipinski definition) is 4. The Labute approximate surface area is 129 Å². The van der Waals surface area contributed by atoms with Crippen LogP contribution in [0.2, 0.25) is 0 Å². The minimum absolute atomic E-state index is 0.000686. The van der Waals surface area contributed by atoms with Crippen LogP contribution in [0.4, 0.5) is 0 Å². The van der Waals surface area contributed by atoms with E-state index in [4.69, 9.17) is 4.74 Å². The third-order valence-corrected chi connectivity index (χ3v) is 4.07. The Kier molecular flexibility index (Phi) is 5.64. The highest BCUT2D eigenvalue weighted by molar-refractivity contribution is 7.99. The molecule has 0 aliphatic rings. The third-order valence-electron chi connectivity index (χ3n) is 3.09. The lowest BCUT2D eigenvalue weighted by Crippen LogP contribution is -2.36. The minimum atomic E-state index is -0.000686. The van der Waals surface area contributed by atoms with Crippen molar-refractivity contribution in [2.45, 2.75) is 31.6 Å². The normalized spacial score (nSPS) is 12.5.